The zero-order chi connectivity index (χ0) is 17.3. The fourth-order valence-corrected chi connectivity index (χ4v) is 4.44. The molecule has 0 saturated carbocycles. The number of carbonyl (C=O) groups excluding carboxylic acids is 2. The maximum atomic E-state index is 12.2. The van der Waals surface area contributed by atoms with E-state index in [0.29, 0.717) is 21.2 Å². The Labute approximate surface area is 153 Å². The highest BCUT2D eigenvalue weighted by molar-refractivity contribution is 7.80. The van der Waals surface area contributed by atoms with Crippen LogP contribution in [0, 0.1) is 0 Å². The summed E-state index contributed by atoms with van der Waals surface area (Å²) in [5.74, 6) is -0.861. The van der Waals surface area contributed by atoms with Crippen LogP contribution in [-0.4, -0.2) is 16.9 Å². The van der Waals surface area contributed by atoms with Crippen LogP contribution in [0.4, 0.5) is 5.00 Å². The first kappa shape index (κ1) is 16.9. The van der Waals surface area contributed by atoms with E-state index in [-0.39, 0.29) is 11.0 Å². The molecule has 124 valence electrons. The van der Waals surface area contributed by atoms with Crippen LogP contribution in [-0.2, 0) is 12.8 Å². The van der Waals surface area contributed by atoms with Gasteiger partial charge < -0.3 is 11.1 Å². The minimum absolute atomic E-state index is 0.113. The van der Waals surface area contributed by atoms with E-state index in [9.17, 15) is 9.59 Å². The lowest BCUT2D eigenvalue weighted by Gasteiger charge is -2.10. The first-order valence-electron chi connectivity index (χ1n) is 7.28. The van der Waals surface area contributed by atoms with Crippen molar-refractivity contribution in [2.24, 2.45) is 5.73 Å². The summed E-state index contributed by atoms with van der Waals surface area (Å²) < 4.78 is 0. The van der Waals surface area contributed by atoms with E-state index in [0.717, 1.165) is 29.7 Å². The molecule has 5 nitrogen and oxygen atoms in total. The van der Waals surface area contributed by atoms with Gasteiger partial charge in [-0.05, 0) is 55.2 Å². The number of nitrogens with one attached hydrogen (secondary N) is 2. The largest absolute Gasteiger partial charge is 0.365 e. The van der Waals surface area contributed by atoms with E-state index >= 15 is 0 Å². The second-order valence-corrected chi connectivity index (χ2v) is 7.29. The van der Waals surface area contributed by atoms with Crippen LogP contribution in [0.1, 0.15) is 37.6 Å². The number of halogens is 1. The number of hydrogen-bond acceptors (Lipinski definition) is 4. The van der Waals surface area contributed by atoms with E-state index in [2.05, 4.69) is 10.6 Å². The third-order valence-corrected chi connectivity index (χ3v) is 5.36. The number of thiophene rings is 1. The number of thiocarbonyl (C=S) groups is 1. The van der Waals surface area contributed by atoms with Crippen molar-refractivity contribution in [3.63, 3.8) is 0 Å². The smallest absolute Gasteiger partial charge is 0.257 e. The molecule has 0 spiro atoms. The molecule has 2 amide bonds. The number of nitrogens with two attached hydrogens (primary N) is 1. The normalized spacial score (nSPS) is 12.5. The van der Waals surface area contributed by atoms with Crippen molar-refractivity contribution in [3.05, 3.63) is 50.9 Å². The average Bonchev–Trinajstić information content (AvgIpc) is 3.06. The number of benzene rings is 1. The molecule has 8 heteroatoms. The lowest BCUT2D eigenvalue weighted by molar-refractivity contribution is 0.0975. The van der Waals surface area contributed by atoms with Crippen LogP contribution in [0.25, 0.3) is 0 Å². The minimum Gasteiger partial charge on any atom is -0.365 e. The number of carbonyl (C=O) groups is 2. The van der Waals surface area contributed by atoms with Gasteiger partial charge in [-0.15, -0.1) is 11.3 Å². The maximum Gasteiger partial charge on any atom is 0.257 e. The Morgan fingerprint density at radius 2 is 2.08 bits per heavy atom. The molecule has 4 N–H and O–H groups in total. The Hall–Kier alpha value is -1.96. The molecule has 0 radical (unpaired) electrons. The van der Waals surface area contributed by atoms with Crippen molar-refractivity contribution in [1.82, 2.24) is 5.32 Å². The van der Waals surface area contributed by atoms with Gasteiger partial charge in [0.2, 0.25) is 0 Å². The molecule has 1 aliphatic carbocycles. The SMILES string of the molecule is NC(=O)c1c(NC(=S)NC(=O)c2cccc(Cl)c2)sc2c1CCC2. The van der Waals surface area contributed by atoms with Gasteiger partial charge in [0.05, 0.1) is 5.56 Å². The standard InChI is InChI=1S/C16H14ClN3O2S2/c17-9-4-1-3-8(7-9)14(22)19-16(23)20-15-12(13(18)21)10-5-2-6-11(10)24-15/h1,3-4,7H,2,5-6H2,(H2,18,21)(H2,19,20,22,23). The fraction of sp³-hybridized carbons (Fsp3) is 0.188. The Morgan fingerprint density at radius 1 is 1.29 bits per heavy atom. The highest BCUT2D eigenvalue weighted by atomic mass is 35.5. The second-order valence-electron chi connectivity index (χ2n) is 5.34. The fourth-order valence-electron chi connectivity index (χ4n) is 2.69. The third-order valence-electron chi connectivity index (χ3n) is 3.71. The van der Waals surface area contributed by atoms with Crippen molar-refractivity contribution in [2.45, 2.75) is 19.3 Å². The summed E-state index contributed by atoms with van der Waals surface area (Å²) in [6, 6.07) is 6.55. The Balaban J connectivity index is 1.74. The predicted octanol–water partition coefficient (Wildman–Crippen LogP) is 3.12. The van der Waals surface area contributed by atoms with Gasteiger partial charge in [-0.1, -0.05) is 17.7 Å². The number of aryl methyl sites for hydroxylation is 1. The van der Waals surface area contributed by atoms with Gasteiger partial charge in [0.25, 0.3) is 11.8 Å². The van der Waals surface area contributed by atoms with Gasteiger partial charge in [0.1, 0.15) is 5.00 Å². The molecule has 0 fully saturated rings. The summed E-state index contributed by atoms with van der Waals surface area (Å²) in [7, 11) is 0. The predicted molar refractivity (Wildman–Crippen MR) is 100 cm³/mol. The summed E-state index contributed by atoms with van der Waals surface area (Å²) in [5, 5.41) is 6.67. The number of rotatable bonds is 3. The van der Waals surface area contributed by atoms with Crippen LogP contribution < -0.4 is 16.4 Å². The zero-order valence-electron chi connectivity index (χ0n) is 12.5. The molecule has 0 atom stereocenters. The van der Waals surface area contributed by atoms with Crippen LogP contribution in [0.2, 0.25) is 5.02 Å². The summed E-state index contributed by atoms with van der Waals surface area (Å²) in [6.45, 7) is 0. The van der Waals surface area contributed by atoms with Gasteiger partial charge in [-0.3, -0.25) is 14.9 Å². The first-order chi connectivity index (χ1) is 11.5. The van der Waals surface area contributed by atoms with Crippen LogP contribution in [0.15, 0.2) is 24.3 Å². The number of anilines is 1. The number of fused-ring (bicyclic) bond motifs is 1. The molecule has 1 aromatic carbocycles. The highest BCUT2D eigenvalue weighted by Crippen LogP contribution is 2.38. The van der Waals surface area contributed by atoms with Crippen LogP contribution in [0.3, 0.4) is 0 Å². The molecule has 3 rings (SSSR count). The van der Waals surface area contributed by atoms with Crippen LogP contribution in [0.5, 0.6) is 0 Å². The molecule has 1 aliphatic rings. The molecule has 0 saturated heterocycles. The quantitative estimate of drug-likeness (QED) is 0.715. The lowest BCUT2D eigenvalue weighted by atomic mass is 10.1. The summed E-state index contributed by atoms with van der Waals surface area (Å²) in [6.07, 6.45) is 2.80. The Kier molecular flexibility index (Phi) is 4.84. The van der Waals surface area contributed by atoms with Gasteiger partial charge in [0, 0.05) is 15.5 Å². The van der Waals surface area contributed by atoms with Crippen molar-refractivity contribution in [2.75, 3.05) is 5.32 Å². The van der Waals surface area contributed by atoms with E-state index in [1.807, 2.05) is 0 Å². The monoisotopic (exact) mass is 379 g/mol. The molecule has 0 bridgehead atoms. The molecular formula is C16H14ClN3O2S2. The molecular weight excluding hydrogens is 366 g/mol. The number of primary amides is 1. The van der Waals surface area contributed by atoms with E-state index < -0.39 is 5.91 Å². The van der Waals surface area contributed by atoms with Crippen molar-refractivity contribution in [1.29, 1.82) is 0 Å². The minimum atomic E-state index is -0.485. The average molecular weight is 380 g/mol. The molecule has 0 unspecified atom stereocenters. The maximum absolute atomic E-state index is 12.2. The van der Waals surface area contributed by atoms with E-state index in [1.165, 1.54) is 11.3 Å². The van der Waals surface area contributed by atoms with Gasteiger partial charge in [-0.25, -0.2) is 0 Å². The molecule has 1 heterocycles. The summed E-state index contributed by atoms with van der Waals surface area (Å²) >= 11 is 12.5. The van der Waals surface area contributed by atoms with Crippen molar-refractivity contribution < 1.29 is 9.59 Å². The summed E-state index contributed by atoms with van der Waals surface area (Å²) in [4.78, 5) is 25.1. The van der Waals surface area contributed by atoms with Crippen molar-refractivity contribution in [3.8, 4) is 0 Å². The van der Waals surface area contributed by atoms with Gasteiger partial charge in [-0.2, -0.15) is 0 Å². The Morgan fingerprint density at radius 3 is 2.79 bits per heavy atom. The molecule has 2 aromatic rings. The molecule has 24 heavy (non-hydrogen) atoms. The molecule has 1 aromatic heterocycles. The third kappa shape index (κ3) is 3.43. The lowest BCUT2D eigenvalue weighted by Crippen LogP contribution is -2.34. The van der Waals surface area contributed by atoms with Gasteiger partial charge in [0.15, 0.2) is 5.11 Å². The highest BCUT2D eigenvalue weighted by Gasteiger charge is 2.25. The summed E-state index contributed by atoms with van der Waals surface area (Å²) in [5.41, 5.74) is 7.38. The van der Waals surface area contributed by atoms with Crippen LogP contribution >= 0.6 is 35.2 Å². The van der Waals surface area contributed by atoms with E-state index in [4.69, 9.17) is 29.6 Å². The van der Waals surface area contributed by atoms with E-state index in [1.54, 1.807) is 24.3 Å². The zero-order valence-corrected chi connectivity index (χ0v) is 14.9. The number of amides is 2. The molecule has 0 aliphatic heterocycles. The first-order valence-corrected chi connectivity index (χ1v) is 8.88. The van der Waals surface area contributed by atoms with Gasteiger partial charge >= 0.3 is 0 Å². The number of hydrogen-bond donors (Lipinski definition) is 3. The topological polar surface area (TPSA) is 84.2 Å². The Bertz CT molecular complexity index is 848. The second kappa shape index (κ2) is 6.88. The van der Waals surface area contributed by atoms with Crippen molar-refractivity contribution >= 4 is 57.1 Å².